The number of unbranched alkanes of at least 4 members (excludes halogenated alkanes) is 3. The number of halogens is 1. The molecule has 0 unspecified atom stereocenters. The molecule has 0 fully saturated rings. The molecule has 1 aromatic rings. The summed E-state index contributed by atoms with van der Waals surface area (Å²) in [5.41, 5.74) is 0.547. The number of carbonyl (C=O) groups excluding carboxylic acids is 3. The average Bonchev–Trinajstić information content (AvgIpc) is 2.65. The van der Waals surface area contributed by atoms with E-state index < -0.39 is 0 Å². The molecule has 0 aromatic heterocycles. The average molecular weight is 382 g/mol. The molecule has 1 rings (SSSR count). The summed E-state index contributed by atoms with van der Waals surface area (Å²) in [6.07, 6.45) is 4.62. The van der Waals surface area contributed by atoms with E-state index in [2.05, 4.69) is 11.7 Å². The predicted octanol–water partition coefficient (Wildman–Crippen LogP) is 4.27. The third-order valence-corrected chi connectivity index (χ3v) is 4.43. The molecule has 0 N–H and O–H groups in total. The molecule has 5 nitrogen and oxygen atoms in total. The lowest BCUT2D eigenvalue weighted by molar-refractivity contribution is -0.141. The second kappa shape index (κ2) is 12.5. The molecule has 0 heterocycles. The van der Waals surface area contributed by atoms with Gasteiger partial charge in [0, 0.05) is 36.5 Å². The fourth-order valence-corrected chi connectivity index (χ4v) is 2.70. The van der Waals surface area contributed by atoms with Crippen molar-refractivity contribution in [3.63, 3.8) is 0 Å². The Morgan fingerprint density at radius 1 is 0.962 bits per heavy atom. The van der Waals surface area contributed by atoms with Gasteiger partial charge in [-0.15, -0.1) is 0 Å². The van der Waals surface area contributed by atoms with Crippen LogP contribution < -0.4 is 0 Å². The Bertz CT molecular complexity index is 586. The first kappa shape index (κ1) is 22.2. The Kier molecular flexibility index (Phi) is 10.6. The molecule has 0 radical (unpaired) electrons. The van der Waals surface area contributed by atoms with Gasteiger partial charge in [0.15, 0.2) is 5.78 Å². The van der Waals surface area contributed by atoms with E-state index in [0.717, 1.165) is 25.7 Å². The van der Waals surface area contributed by atoms with Crippen LogP contribution in [-0.2, 0) is 14.3 Å². The third kappa shape index (κ3) is 8.48. The Hall–Kier alpha value is -1.88. The van der Waals surface area contributed by atoms with E-state index in [-0.39, 0.29) is 36.9 Å². The van der Waals surface area contributed by atoms with Crippen LogP contribution in [0.2, 0.25) is 5.02 Å². The molecule has 0 aliphatic carbocycles. The maximum Gasteiger partial charge on any atom is 0.307 e. The second-order valence-corrected chi connectivity index (χ2v) is 6.63. The number of ether oxygens (including phenoxy) is 1. The first-order valence-electron chi connectivity index (χ1n) is 9.11. The summed E-state index contributed by atoms with van der Waals surface area (Å²) in [5.74, 6) is -0.532. The molecule has 0 aliphatic heterocycles. The van der Waals surface area contributed by atoms with Crippen molar-refractivity contribution < 1.29 is 19.1 Å². The van der Waals surface area contributed by atoms with E-state index in [1.54, 1.807) is 29.2 Å². The maximum atomic E-state index is 12.5. The van der Waals surface area contributed by atoms with Crippen LogP contribution in [0, 0.1) is 0 Å². The molecule has 0 saturated heterocycles. The number of carbonyl (C=O) groups is 3. The minimum Gasteiger partial charge on any atom is -0.469 e. The standard InChI is InChI=1S/C20H28ClNO4/c1-3-4-5-6-14-22(15-13-20(25)26-2)19(24)12-11-18(23)16-7-9-17(21)10-8-16/h7-10H,3-6,11-15H2,1-2H3. The highest BCUT2D eigenvalue weighted by Crippen LogP contribution is 2.13. The predicted molar refractivity (Wildman–Crippen MR) is 102 cm³/mol. The van der Waals surface area contributed by atoms with Crippen molar-refractivity contribution >= 4 is 29.3 Å². The molecule has 0 saturated carbocycles. The SMILES string of the molecule is CCCCCCN(CCC(=O)OC)C(=O)CCC(=O)c1ccc(Cl)cc1. The van der Waals surface area contributed by atoms with Crippen LogP contribution in [0.25, 0.3) is 0 Å². The van der Waals surface area contributed by atoms with E-state index >= 15 is 0 Å². The number of ketones is 1. The topological polar surface area (TPSA) is 63.7 Å². The van der Waals surface area contributed by atoms with E-state index in [4.69, 9.17) is 11.6 Å². The number of amides is 1. The van der Waals surface area contributed by atoms with Crippen molar-refractivity contribution in [2.45, 2.75) is 51.9 Å². The Balaban J connectivity index is 2.54. The molecule has 26 heavy (non-hydrogen) atoms. The van der Waals surface area contributed by atoms with Gasteiger partial charge in [-0.05, 0) is 30.7 Å². The zero-order chi connectivity index (χ0) is 19.4. The number of methoxy groups -OCH3 is 1. The van der Waals surface area contributed by atoms with Crippen LogP contribution in [0.3, 0.4) is 0 Å². The quantitative estimate of drug-likeness (QED) is 0.308. The first-order valence-corrected chi connectivity index (χ1v) is 9.49. The van der Waals surface area contributed by atoms with Crippen LogP contribution in [0.4, 0.5) is 0 Å². The van der Waals surface area contributed by atoms with Gasteiger partial charge in [0.05, 0.1) is 13.5 Å². The van der Waals surface area contributed by atoms with Crippen molar-refractivity contribution in [3.05, 3.63) is 34.9 Å². The molecular formula is C20H28ClNO4. The summed E-state index contributed by atoms with van der Waals surface area (Å²) in [4.78, 5) is 37.7. The maximum absolute atomic E-state index is 12.5. The molecule has 6 heteroatoms. The van der Waals surface area contributed by atoms with Crippen molar-refractivity contribution in [3.8, 4) is 0 Å². The zero-order valence-corrected chi connectivity index (χ0v) is 16.4. The summed E-state index contributed by atoms with van der Waals surface area (Å²) in [6.45, 7) is 3.06. The number of hydrogen-bond acceptors (Lipinski definition) is 4. The largest absolute Gasteiger partial charge is 0.469 e. The highest BCUT2D eigenvalue weighted by molar-refractivity contribution is 6.30. The van der Waals surface area contributed by atoms with Crippen molar-refractivity contribution in [2.24, 2.45) is 0 Å². The van der Waals surface area contributed by atoms with Gasteiger partial charge in [-0.25, -0.2) is 0 Å². The fraction of sp³-hybridized carbons (Fsp3) is 0.550. The smallest absolute Gasteiger partial charge is 0.307 e. The number of hydrogen-bond donors (Lipinski definition) is 0. The zero-order valence-electron chi connectivity index (χ0n) is 15.6. The highest BCUT2D eigenvalue weighted by Gasteiger charge is 2.17. The number of esters is 1. The third-order valence-electron chi connectivity index (χ3n) is 4.18. The summed E-state index contributed by atoms with van der Waals surface area (Å²) < 4.78 is 4.65. The highest BCUT2D eigenvalue weighted by atomic mass is 35.5. The minimum atomic E-state index is -0.339. The number of benzene rings is 1. The lowest BCUT2D eigenvalue weighted by atomic mass is 10.1. The van der Waals surface area contributed by atoms with E-state index in [1.807, 2.05) is 0 Å². The van der Waals surface area contributed by atoms with Gasteiger partial charge in [-0.1, -0.05) is 37.8 Å². The summed E-state index contributed by atoms with van der Waals surface area (Å²) >= 11 is 5.82. The molecule has 0 atom stereocenters. The lowest BCUT2D eigenvalue weighted by Crippen LogP contribution is -2.34. The van der Waals surface area contributed by atoms with Crippen LogP contribution in [0.5, 0.6) is 0 Å². The van der Waals surface area contributed by atoms with Crippen LogP contribution in [0.1, 0.15) is 62.2 Å². The van der Waals surface area contributed by atoms with Crippen molar-refractivity contribution in [2.75, 3.05) is 20.2 Å². The van der Waals surface area contributed by atoms with E-state index in [0.29, 0.717) is 23.7 Å². The van der Waals surface area contributed by atoms with Crippen LogP contribution in [-0.4, -0.2) is 42.8 Å². The van der Waals surface area contributed by atoms with Gasteiger partial charge in [0.1, 0.15) is 0 Å². The fourth-order valence-electron chi connectivity index (χ4n) is 2.58. The monoisotopic (exact) mass is 381 g/mol. The van der Waals surface area contributed by atoms with Crippen molar-refractivity contribution in [1.29, 1.82) is 0 Å². The van der Waals surface area contributed by atoms with Gasteiger partial charge in [0.25, 0.3) is 0 Å². The normalized spacial score (nSPS) is 10.4. The number of rotatable bonds is 12. The van der Waals surface area contributed by atoms with E-state index in [9.17, 15) is 14.4 Å². The van der Waals surface area contributed by atoms with Gasteiger partial charge < -0.3 is 9.64 Å². The van der Waals surface area contributed by atoms with Crippen molar-refractivity contribution in [1.82, 2.24) is 4.90 Å². The Morgan fingerprint density at radius 2 is 1.65 bits per heavy atom. The van der Waals surface area contributed by atoms with Gasteiger partial charge in [0.2, 0.25) is 5.91 Å². The molecular weight excluding hydrogens is 354 g/mol. The van der Waals surface area contributed by atoms with Crippen LogP contribution >= 0.6 is 11.6 Å². The molecule has 1 amide bonds. The molecule has 0 spiro atoms. The summed E-state index contributed by atoms with van der Waals surface area (Å²) in [7, 11) is 1.33. The van der Waals surface area contributed by atoms with Gasteiger partial charge in [-0.2, -0.15) is 0 Å². The number of nitrogens with zero attached hydrogens (tertiary/aromatic N) is 1. The Labute approximate surface area is 160 Å². The van der Waals surface area contributed by atoms with Gasteiger partial charge in [-0.3, -0.25) is 14.4 Å². The second-order valence-electron chi connectivity index (χ2n) is 6.20. The van der Waals surface area contributed by atoms with Crippen LogP contribution in [0.15, 0.2) is 24.3 Å². The molecule has 144 valence electrons. The lowest BCUT2D eigenvalue weighted by Gasteiger charge is -2.22. The summed E-state index contributed by atoms with van der Waals surface area (Å²) in [6, 6.07) is 6.64. The first-order chi connectivity index (χ1) is 12.5. The van der Waals surface area contributed by atoms with Gasteiger partial charge >= 0.3 is 5.97 Å². The Morgan fingerprint density at radius 3 is 2.27 bits per heavy atom. The molecule has 1 aromatic carbocycles. The summed E-state index contributed by atoms with van der Waals surface area (Å²) in [5, 5.41) is 0.568. The minimum absolute atomic E-state index is 0.0890. The molecule has 0 bridgehead atoms. The van der Waals surface area contributed by atoms with E-state index in [1.165, 1.54) is 7.11 Å². The number of Topliss-reactive ketones (excluding diaryl/α,β-unsaturated/α-hetero) is 1. The molecule has 0 aliphatic rings.